The van der Waals surface area contributed by atoms with E-state index < -0.39 is 52.7 Å². The summed E-state index contributed by atoms with van der Waals surface area (Å²) in [6.07, 6.45) is 13.1. The molecule has 0 saturated heterocycles. The first-order valence-corrected chi connectivity index (χ1v) is 18.4. The summed E-state index contributed by atoms with van der Waals surface area (Å²) in [4.78, 5) is 1.14. The van der Waals surface area contributed by atoms with Crippen LogP contribution in [0.2, 0.25) is 0 Å². The Kier molecular flexibility index (Phi) is 12.7. The third-order valence-electron chi connectivity index (χ3n) is 7.35. The predicted octanol–water partition coefficient (Wildman–Crippen LogP) is 3.13. The Morgan fingerprint density at radius 2 is 1.30 bits per heavy atom. The van der Waals surface area contributed by atoms with E-state index in [1.54, 1.807) is 18.2 Å². The molecule has 0 saturated carbocycles. The molecule has 2 aromatic carbocycles. The minimum Gasteiger partial charge on any atom is -0.327 e. The van der Waals surface area contributed by atoms with Crippen molar-refractivity contribution in [1.82, 2.24) is 0 Å². The van der Waals surface area contributed by atoms with Crippen molar-refractivity contribution < 1.29 is 55.8 Å². The highest BCUT2D eigenvalue weighted by Gasteiger charge is 2.43. The van der Waals surface area contributed by atoms with E-state index in [1.807, 2.05) is 38.1 Å². The quantitative estimate of drug-likeness (QED) is 0.238. The number of benzene rings is 2. The molecule has 0 amide bonds. The molecule has 0 aromatic heterocycles. The first-order chi connectivity index (χ1) is 21.5. The minimum atomic E-state index is -4.45. The van der Waals surface area contributed by atoms with Crippen molar-refractivity contribution >= 4 is 58.5 Å². The molecule has 0 atom stereocenters. The Balaban J connectivity index is 0.000000862. The van der Waals surface area contributed by atoms with Gasteiger partial charge in [0.1, 0.15) is 7.05 Å². The lowest BCUT2D eigenvalue weighted by molar-refractivity contribution is -0.401. The van der Waals surface area contributed by atoms with Gasteiger partial charge in [-0.05, 0) is 43.7 Å². The summed E-state index contributed by atoms with van der Waals surface area (Å²) in [5.41, 5.74) is 4.21. The lowest BCUT2D eigenvalue weighted by atomic mass is 9.81. The van der Waals surface area contributed by atoms with E-state index in [9.17, 15) is 25.9 Å². The maximum Gasteiger partial charge on any atom is 0.425 e. The van der Waals surface area contributed by atoms with Gasteiger partial charge in [-0.15, -0.1) is 25.3 Å². The second kappa shape index (κ2) is 15.2. The molecule has 2 heterocycles. The number of hydrogen-bond acceptors (Lipinski definition) is 11. The summed E-state index contributed by atoms with van der Waals surface area (Å²) in [6.45, 7) is 8.03. The van der Waals surface area contributed by atoms with Gasteiger partial charge in [-0.2, -0.15) is 21.4 Å². The third kappa shape index (κ3) is 10.2. The summed E-state index contributed by atoms with van der Waals surface area (Å²) in [5.74, 6) is -0.697. The molecule has 254 valence electrons. The number of nitrogens with zero attached hydrogens (tertiary/aromatic N) is 2. The van der Waals surface area contributed by atoms with Gasteiger partial charge in [0.2, 0.25) is 5.69 Å². The molecule has 2 aliphatic heterocycles. The molecule has 47 heavy (non-hydrogen) atoms. The van der Waals surface area contributed by atoms with Crippen LogP contribution < -0.4 is 4.90 Å². The Labute approximate surface area is 276 Å². The van der Waals surface area contributed by atoms with Crippen molar-refractivity contribution in [2.45, 2.75) is 43.4 Å². The maximum atomic E-state index is 11.8. The second-order valence-electron chi connectivity index (χ2n) is 11.1. The molecular formula is C29H33N2O12S4+. The third-order valence-corrected chi connectivity index (χ3v) is 8.78. The van der Waals surface area contributed by atoms with Crippen molar-refractivity contribution in [1.29, 1.82) is 0 Å². The molecule has 14 nitrogen and oxygen atoms in total. The average Bonchev–Trinajstić information content (AvgIpc) is 3.24. The van der Waals surface area contributed by atoms with Crippen molar-refractivity contribution in [3.63, 3.8) is 0 Å². The molecule has 0 spiro atoms. The molecule has 2 aromatic rings. The number of rotatable bonds is 7. The molecule has 4 rings (SSSR count). The van der Waals surface area contributed by atoms with Gasteiger partial charge >= 0.3 is 21.2 Å². The molecule has 2 aliphatic rings. The van der Waals surface area contributed by atoms with E-state index in [2.05, 4.69) is 49.7 Å². The molecule has 18 heteroatoms. The van der Waals surface area contributed by atoms with Crippen LogP contribution in [0, 0.1) is 0 Å². The Hall–Kier alpha value is -4.07. The van der Waals surface area contributed by atoms with Gasteiger partial charge in [0.05, 0.1) is 10.3 Å². The van der Waals surface area contributed by atoms with Crippen LogP contribution in [-0.2, 0) is 52.3 Å². The van der Waals surface area contributed by atoms with E-state index in [4.69, 9.17) is 25.3 Å². The fourth-order valence-corrected chi connectivity index (χ4v) is 6.52. The largest absolute Gasteiger partial charge is 0.425 e. The first-order valence-electron chi connectivity index (χ1n) is 13.3. The van der Waals surface area contributed by atoms with Gasteiger partial charge in [-0.1, -0.05) is 62.4 Å². The second-order valence-corrected chi connectivity index (χ2v) is 14.8. The molecule has 0 unspecified atom stereocenters. The van der Waals surface area contributed by atoms with Gasteiger partial charge in [0.25, 0.3) is 20.2 Å². The van der Waals surface area contributed by atoms with Crippen LogP contribution >= 0.6 is 0 Å². The van der Waals surface area contributed by atoms with Crippen molar-refractivity contribution in [2.75, 3.05) is 17.8 Å². The standard InChI is InChI=1S/C29H32N2O6S2.2O3S/c1-28(2)22-13-11-12-14-24(22)30(5)26(28)15-9-7-6-8-10-16-27-29(3,4)23-19-21(39(35,36)37)17-18-25(23)31(27)20-38(32,33)34;2*1-4(2)3/h6-19H,20H2,1-5H3,(H-,32,33,34,35,36,37);;/p+1. The van der Waals surface area contributed by atoms with Crippen LogP contribution in [0.3, 0.4) is 0 Å². The van der Waals surface area contributed by atoms with Crippen LogP contribution in [0.1, 0.15) is 38.8 Å². The van der Waals surface area contributed by atoms with Crippen LogP contribution in [0.15, 0.2) is 95.6 Å². The van der Waals surface area contributed by atoms with Gasteiger partial charge in [-0.25, -0.2) is 0 Å². The zero-order chi connectivity index (χ0) is 36.0. The highest BCUT2D eigenvalue weighted by atomic mass is 32.2. The van der Waals surface area contributed by atoms with Crippen LogP contribution in [0.25, 0.3) is 0 Å². The average molecular weight is 730 g/mol. The lowest BCUT2D eigenvalue weighted by Gasteiger charge is -2.25. The minimum absolute atomic E-state index is 0.120. The summed E-state index contributed by atoms with van der Waals surface area (Å²) < 4.78 is 119. The normalized spacial score (nSPS) is 17.3. The molecule has 0 aliphatic carbocycles. The zero-order valence-corrected chi connectivity index (χ0v) is 29.1. The van der Waals surface area contributed by atoms with Gasteiger partial charge in [0, 0.05) is 34.5 Å². The monoisotopic (exact) mass is 729 g/mol. The number of anilines is 1. The van der Waals surface area contributed by atoms with Crippen LogP contribution in [0.5, 0.6) is 0 Å². The van der Waals surface area contributed by atoms with E-state index >= 15 is 0 Å². The van der Waals surface area contributed by atoms with Gasteiger partial charge < -0.3 is 4.90 Å². The van der Waals surface area contributed by atoms with Crippen LogP contribution in [-0.4, -0.2) is 74.4 Å². The highest BCUT2D eigenvalue weighted by Crippen LogP contribution is 2.48. The van der Waals surface area contributed by atoms with Crippen molar-refractivity contribution in [2.24, 2.45) is 0 Å². The lowest BCUT2D eigenvalue weighted by Crippen LogP contribution is -2.30. The predicted molar refractivity (Wildman–Crippen MR) is 173 cm³/mol. The maximum absolute atomic E-state index is 11.8. The summed E-state index contributed by atoms with van der Waals surface area (Å²) >= 11 is 0. The zero-order valence-electron chi connectivity index (χ0n) is 25.8. The number of allylic oxidation sites excluding steroid dienone is 8. The molecule has 0 radical (unpaired) electrons. The smallest absolute Gasteiger partial charge is 0.327 e. The topological polar surface area (TPSA) is 217 Å². The van der Waals surface area contributed by atoms with Crippen LogP contribution in [0.4, 0.5) is 11.4 Å². The molecule has 0 bridgehead atoms. The van der Waals surface area contributed by atoms with Gasteiger partial charge in [-0.3, -0.25) is 9.11 Å². The molecule has 2 N–H and O–H groups in total. The summed E-state index contributed by atoms with van der Waals surface area (Å²) in [6, 6.07) is 12.3. The Morgan fingerprint density at radius 3 is 1.83 bits per heavy atom. The van der Waals surface area contributed by atoms with E-state index in [1.165, 1.54) is 40.1 Å². The highest BCUT2D eigenvalue weighted by molar-refractivity contribution is 7.86. The fraction of sp³-hybridized carbons (Fsp3) is 0.276. The van der Waals surface area contributed by atoms with Crippen molar-refractivity contribution in [3.05, 3.63) is 102 Å². The molecular weight excluding hydrogens is 697 g/mol. The SMILES string of the molecule is C[N+]1=C(/C=C/C=C/C=C/C=C2/N(CS(=O)(=O)O)c3ccc(S(=O)(=O)O)cc3C2(C)C)C(C)(C)c2ccccc21.O=S(=O)=O.O=S(=O)=O. The number of hydrogen-bond donors (Lipinski definition) is 2. The first kappa shape index (κ1) is 39.1. The Morgan fingerprint density at radius 1 is 0.766 bits per heavy atom. The number of para-hydroxylation sites is 1. The van der Waals surface area contributed by atoms with Crippen molar-refractivity contribution in [3.8, 4) is 0 Å². The number of fused-ring (bicyclic) bond motifs is 2. The van der Waals surface area contributed by atoms with E-state index in [0.717, 1.165) is 0 Å². The molecule has 0 fully saturated rings. The fourth-order valence-electron chi connectivity index (χ4n) is 5.40. The van der Waals surface area contributed by atoms with E-state index in [-0.39, 0.29) is 10.3 Å². The summed E-state index contributed by atoms with van der Waals surface area (Å²) in [7, 11) is -13.0. The van der Waals surface area contributed by atoms with Gasteiger partial charge in [0.15, 0.2) is 11.6 Å². The Bertz CT molecular complexity index is 2100. The van der Waals surface area contributed by atoms with E-state index in [0.29, 0.717) is 16.9 Å². The summed E-state index contributed by atoms with van der Waals surface area (Å²) in [5, 5.41) is 0.